The summed E-state index contributed by atoms with van der Waals surface area (Å²) in [6.07, 6.45) is 0. The summed E-state index contributed by atoms with van der Waals surface area (Å²) < 4.78 is 4.89. The summed E-state index contributed by atoms with van der Waals surface area (Å²) in [5.41, 5.74) is -1.36. The quantitative estimate of drug-likeness (QED) is 0.387. The molecule has 3 heteroatoms. The van der Waals surface area contributed by atoms with Crippen molar-refractivity contribution in [3.8, 4) is 0 Å². The molecule has 0 spiro atoms. The van der Waals surface area contributed by atoms with Crippen molar-refractivity contribution < 1.29 is 14.3 Å². The summed E-state index contributed by atoms with van der Waals surface area (Å²) in [5, 5.41) is 0. The second-order valence-corrected chi connectivity index (χ2v) is 3.85. The summed E-state index contributed by atoms with van der Waals surface area (Å²) in [7, 11) is 0. The van der Waals surface area contributed by atoms with Crippen LogP contribution in [-0.2, 0) is 14.3 Å². The lowest BCUT2D eigenvalue weighted by molar-refractivity contribution is -0.151. The Morgan fingerprint density at radius 3 is 1.64 bits per heavy atom. The van der Waals surface area contributed by atoms with Crippen LogP contribution in [0.25, 0.3) is 0 Å². The average Bonchev–Trinajstić information content (AvgIpc) is 1.93. The number of ketones is 1. The van der Waals surface area contributed by atoms with Crippen molar-refractivity contribution in [1.29, 1.82) is 0 Å². The van der Waals surface area contributed by atoms with Gasteiger partial charge in [-0.25, -0.2) is 4.79 Å². The number of ether oxygens (including phenoxy) is 1. The first-order chi connectivity index (χ1) is 4.79. The van der Waals surface area contributed by atoms with Gasteiger partial charge in [-0.15, -0.1) is 0 Å². The molecule has 0 aromatic carbocycles. The van der Waals surface area contributed by atoms with Crippen molar-refractivity contribution in [1.82, 2.24) is 0 Å². The maximum absolute atomic E-state index is 11.2. The van der Waals surface area contributed by atoms with Crippen LogP contribution in [0.3, 0.4) is 0 Å². The van der Waals surface area contributed by atoms with E-state index in [-0.39, 0.29) is 0 Å². The second-order valence-electron chi connectivity index (χ2n) is 3.85. The van der Waals surface area contributed by atoms with Gasteiger partial charge in [-0.05, 0) is 27.7 Å². The van der Waals surface area contributed by atoms with Gasteiger partial charge in [0.2, 0.25) is 5.78 Å². The Kier molecular flexibility index (Phi) is 1.38. The van der Waals surface area contributed by atoms with Gasteiger partial charge in [-0.2, -0.15) is 0 Å². The van der Waals surface area contributed by atoms with Crippen LogP contribution in [0.2, 0.25) is 0 Å². The zero-order valence-electron chi connectivity index (χ0n) is 7.22. The molecule has 0 saturated carbocycles. The highest BCUT2D eigenvalue weighted by Crippen LogP contribution is 2.40. The van der Waals surface area contributed by atoms with E-state index in [1.807, 2.05) is 0 Å². The van der Waals surface area contributed by atoms with E-state index in [2.05, 4.69) is 0 Å². The van der Waals surface area contributed by atoms with E-state index in [1.54, 1.807) is 27.7 Å². The zero-order valence-corrected chi connectivity index (χ0v) is 7.22. The Balaban J connectivity index is 3.12. The lowest BCUT2D eigenvalue weighted by Gasteiger charge is -2.29. The fourth-order valence-electron chi connectivity index (χ4n) is 0.934. The third-order valence-electron chi connectivity index (χ3n) is 2.61. The molecule has 62 valence electrons. The van der Waals surface area contributed by atoms with E-state index in [0.29, 0.717) is 0 Å². The Hall–Kier alpha value is -0.860. The highest BCUT2D eigenvalue weighted by Gasteiger charge is 2.55. The highest BCUT2D eigenvalue weighted by atomic mass is 16.6. The first-order valence-electron chi connectivity index (χ1n) is 3.57. The molecule has 3 nitrogen and oxygen atoms in total. The molecule has 0 unspecified atom stereocenters. The fraction of sp³-hybridized carbons (Fsp3) is 0.750. The molecule has 0 aromatic heterocycles. The monoisotopic (exact) mass is 156 g/mol. The van der Waals surface area contributed by atoms with Crippen molar-refractivity contribution >= 4 is 11.8 Å². The van der Waals surface area contributed by atoms with Crippen LogP contribution in [0.5, 0.6) is 0 Å². The smallest absolute Gasteiger partial charge is 0.375 e. The minimum absolute atomic E-state index is 0.428. The van der Waals surface area contributed by atoms with E-state index in [4.69, 9.17) is 4.74 Å². The molecule has 1 fully saturated rings. The Bertz CT molecular complexity index is 225. The predicted molar refractivity (Wildman–Crippen MR) is 39.0 cm³/mol. The van der Waals surface area contributed by atoms with Gasteiger partial charge >= 0.3 is 5.97 Å². The van der Waals surface area contributed by atoms with E-state index in [1.165, 1.54) is 0 Å². The minimum Gasteiger partial charge on any atom is -0.453 e. The third-order valence-corrected chi connectivity index (χ3v) is 2.61. The number of cyclic esters (lactones) is 1. The van der Waals surface area contributed by atoms with Gasteiger partial charge in [0.25, 0.3) is 0 Å². The summed E-state index contributed by atoms with van der Waals surface area (Å²) in [6, 6.07) is 0. The van der Waals surface area contributed by atoms with E-state index < -0.39 is 22.8 Å². The number of carbonyl (C=O) groups excluding carboxylic acids is 2. The van der Waals surface area contributed by atoms with Crippen LogP contribution in [0.15, 0.2) is 0 Å². The SMILES string of the molecule is CC1(C)OC(=O)C(=O)C1(C)C. The predicted octanol–water partition coefficient (Wildman–Crippen LogP) is 0.917. The maximum Gasteiger partial charge on any atom is 0.375 e. The molecule has 1 saturated heterocycles. The molecule has 0 bridgehead atoms. The molecule has 11 heavy (non-hydrogen) atoms. The summed E-state index contributed by atoms with van der Waals surface area (Å²) in [6.45, 7) is 6.94. The van der Waals surface area contributed by atoms with Gasteiger partial charge < -0.3 is 4.74 Å². The summed E-state index contributed by atoms with van der Waals surface area (Å²) in [5.74, 6) is -1.14. The lowest BCUT2D eigenvalue weighted by atomic mass is 9.76. The second kappa shape index (κ2) is 1.84. The van der Waals surface area contributed by atoms with Gasteiger partial charge in [-0.3, -0.25) is 4.79 Å². The molecule has 0 aromatic rings. The van der Waals surface area contributed by atoms with Crippen molar-refractivity contribution in [2.45, 2.75) is 33.3 Å². The molecular formula is C8H12O3. The molecule has 0 radical (unpaired) electrons. The number of Topliss-reactive ketones (excluding diaryl/α,β-unsaturated/α-hetero) is 1. The number of rotatable bonds is 0. The number of carbonyl (C=O) groups is 2. The van der Waals surface area contributed by atoms with Crippen LogP contribution in [-0.4, -0.2) is 17.4 Å². The van der Waals surface area contributed by atoms with Crippen molar-refractivity contribution in [3.63, 3.8) is 0 Å². The van der Waals surface area contributed by atoms with Gasteiger partial charge in [-0.1, -0.05) is 0 Å². The number of esters is 1. The van der Waals surface area contributed by atoms with Crippen molar-refractivity contribution in [2.75, 3.05) is 0 Å². The molecule has 1 heterocycles. The van der Waals surface area contributed by atoms with Crippen LogP contribution >= 0.6 is 0 Å². The van der Waals surface area contributed by atoms with E-state index in [0.717, 1.165) is 0 Å². The molecule has 0 N–H and O–H groups in total. The Morgan fingerprint density at radius 1 is 1.09 bits per heavy atom. The zero-order chi connectivity index (χ0) is 8.86. The van der Waals surface area contributed by atoms with Crippen molar-refractivity contribution in [2.24, 2.45) is 5.41 Å². The first kappa shape index (κ1) is 8.24. The van der Waals surface area contributed by atoms with Gasteiger partial charge in [0, 0.05) is 0 Å². The molecule has 1 aliphatic heterocycles. The van der Waals surface area contributed by atoms with Gasteiger partial charge in [0.15, 0.2) is 0 Å². The third kappa shape index (κ3) is 0.870. The Morgan fingerprint density at radius 2 is 1.55 bits per heavy atom. The number of hydrogen-bond donors (Lipinski definition) is 0. The van der Waals surface area contributed by atoms with Crippen molar-refractivity contribution in [3.05, 3.63) is 0 Å². The van der Waals surface area contributed by atoms with E-state index in [9.17, 15) is 9.59 Å². The average molecular weight is 156 g/mol. The minimum atomic E-state index is -0.708. The van der Waals surface area contributed by atoms with Crippen LogP contribution < -0.4 is 0 Å². The highest BCUT2D eigenvalue weighted by molar-refractivity contribution is 6.37. The molecule has 0 amide bonds. The lowest BCUT2D eigenvalue weighted by Crippen LogP contribution is -2.38. The standard InChI is InChI=1S/C8H12O3/c1-7(2)5(9)6(10)11-8(7,3)4/h1-4H3. The van der Waals surface area contributed by atoms with Crippen LogP contribution in [0.1, 0.15) is 27.7 Å². The number of hydrogen-bond acceptors (Lipinski definition) is 3. The van der Waals surface area contributed by atoms with E-state index >= 15 is 0 Å². The normalized spacial score (nSPS) is 26.9. The van der Waals surface area contributed by atoms with Crippen LogP contribution in [0.4, 0.5) is 0 Å². The summed E-state index contributed by atoms with van der Waals surface area (Å²) in [4.78, 5) is 22.0. The van der Waals surface area contributed by atoms with Gasteiger partial charge in [0.1, 0.15) is 5.60 Å². The largest absolute Gasteiger partial charge is 0.453 e. The maximum atomic E-state index is 11.2. The topological polar surface area (TPSA) is 43.4 Å². The van der Waals surface area contributed by atoms with Crippen LogP contribution in [0, 0.1) is 5.41 Å². The molecule has 1 aliphatic rings. The molecule has 1 rings (SSSR count). The molecule has 0 atom stereocenters. The molecular weight excluding hydrogens is 144 g/mol. The molecule has 0 aliphatic carbocycles. The summed E-state index contributed by atoms with van der Waals surface area (Å²) >= 11 is 0. The first-order valence-corrected chi connectivity index (χ1v) is 3.57. The fourth-order valence-corrected chi connectivity index (χ4v) is 0.934. The van der Waals surface area contributed by atoms with Gasteiger partial charge in [0.05, 0.1) is 5.41 Å². The Labute approximate surface area is 65.7 Å².